The smallest absolute Gasteiger partial charge is 0.127 e. The highest BCUT2D eigenvalue weighted by Gasteiger charge is 2.16. The van der Waals surface area contributed by atoms with Crippen molar-refractivity contribution >= 4 is 11.6 Å². The van der Waals surface area contributed by atoms with Gasteiger partial charge in [0.2, 0.25) is 0 Å². The van der Waals surface area contributed by atoms with E-state index in [1.807, 2.05) is 13.0 Å². The summed E-state index contributed by atoms with van der Waals surface area (Å²) in [6, 6.07) is 6.61. The fraction of sp³-hybridized carbons (Fsp3) is 0.375. The predicted molar refractivity (Wildman–Crippen MR) is 82.9 cm³/mol. The molecular formula is C16H19ClFN3. The van der Waals surface area contributed by atoms with Crippen LogP contribution in [0, 0.1) is 12.7 Å². The van der Waals surface area contributed by atoms with Gasteiger partial charge in [-0.25, -0.2) is 14.4 Å². The van der Waals surface area contributed by atoms with E-state index in [1.165, 1.54) is 6.07 Å². The number of hydrogen-bond acceptors (Lipinski definition) is 3. The summed E-state index contributed by atoms with van der Waals surface area (Å²) in [5, 5.41) is 3.82. The van der Waals surface area contributed by atoms with Crippen molar-refractivity contribution in [2.24, 2.45) is 0 Å². The largest absolute Gasteiger partial charge is 0.308 e. The van der Waals surface area contributed by atoms with E-state index in [0.717, 1.165) is 18.7 Å². The summed E-state index contributed by atoms with van der Waals surface area (Å²) in [7, 11) is 0. The summed E-state index contributed by atoms with van der Waals surface area (Å²) in [5.74, 6) is 0.434. The van der Waals surface area contributed by atoms with Gasteiger partial charge >= 0.3 is 0 Å². The molecule has 1 unspecified atom stereocenters. The zero-order valence-electron chi connectivity index (χ0n) is 12.2. The fourth-order valence-corrected chi connectivity index (χ4v) is 2.33. The number of nitrogens with one attached hydrogen (secondary N) is 1. The summed E-state index contributed by atoms with van der Waals surface area (Å²) in [6.07, 6.45) is 3.26. The maximum atomic E-state index is 14.0. The van der Waals surface area contributed by atoms with Gasteiger partial charge in [0.25, 0.3) is 0 Å². The van der Waals surface area contributed by atoms with Crippen LogP contribution in [0.15, 0.2) is 30.5 Å². The van der Waals surface area contributed by atoms with Gasteiger partial charge in [0.1, 0.15) is 11.6 Å². The number of halogens is 2. The highest BCUT2D eigenvalue weighted by molar-refractivity contribution is 6.30. The Morgan fingerprint density at radius 2 is 2.14 bits per heavy atom. The molecule has 0 saturated carbocycles. The Hall–Kier alpha value is -1.52. The summed E-state index contributed by atoms with van der Waals surface area (Å²) in [4.78, 5) is 8.56. The number of benzene rings is 1. The zero-order valence-corrected chi connectivity index (χ0v) is 13.0. The molecule has 2 rings (SSSR count). The summed E-state index contributed by atoms with van der Waals surface area (Å²) in [5.41, 5.74) is 1.51. The third-order valence-electron chi connectivity index (χ3n) is 3.23. The van der Waals surface area contributed by atoms with Gasteiger partial charge in [-0.1, -0.05) is 24.6 Å². The monoisotopic (exact) mass is 307 g/mol. The quantitative estimate of drug-likeness (QED) is 0.880. The van der Waals surface area contributed by atoms with Crippen molar-refractivity contribution in [3.8, 4) is 0 Å². The van der Waals surface area contributed by atoms with Gasteiger partial charge in [0.05, 0.1) is 11.7 Å². The van der Waals surface area contributed by atoms with Crippen LogP contribution in [0.4, 0.5) is 4.39 Å². The van der Waals surface area contributed by atoms with Crippen LogP contribution >= 0.6 is 11.6 Å². The van der Waals surface area contributed by atoms with Crippen LogP contribution in [0.1, 0.15) is 36.5 Å². The van der Waals surface area contributed by atoms with Crippen LogP contribution in [0.5, 0.6) is 0 Å². The summed E-state index contributed by atoms with van der Waals surface area (Å²) >= 11 is 5.80. The SMILES string of the molecule is CCCNC(Cc1ccc(Cl)cc1F)c1ccnc(C)n1. The average molecular weight is 308 g/mol. The molecule has 3 nitrogen and oxygen atoms in total. The molecule has 21 heavy (non-hydrogen) atoms. The van der Waals surface area contributed by atoms with Crippen molar-refractivity contribution in [3.05, 3.63) is 58.4 Å². The minimum Gasteiger partial charge on any atom is -0.308 e. The van der Waals surface area contributed by atoms with Crippen LogP contribution < -0.4 is 5.32 Å². The Kier molecular flexibility index (Phi) is 5.65. The summed E-state index contributed by atoms with van der Waals surface area (Å²) in [6.45, 7) is 4.80. The molecule has 0 aliphatic rings. The van der Waals surface area contributed by atoms with Gasteiger partial charge in [-0.3, -0.25) is 0 Å². The number of nitrogens with zero attached hydrogens (tertiary/aromatic N) is 2. The molecule has 0 amide bonds. The number of rotatable bonds is 6. The molecule has 0 aliphatic heterocycles. The molecule has 2 aromatic rings. The lowest BCUT2D eigenvalue weighted by molar-refractivity contribution is 0.501. The standard InChI is InChI=1S/C16H19ClFN3/c1-3-7-20-16(15-6-8-19-11(2)21-15)9-12-4-5-13(17)10-14(12)18/h4-6,8,10,16,20H,3,7,9H2,1-2H3. The Morgan fingerprint density at radius 3 is 2.81 bits per heavy atom. The topological polar surface area (TPSA) is 37.8 Å². The third kappa shape index (κ3) is 4.48. The second-order valence-corrected chi connectivity index (χ2v) is 5.41. The van der Waals surface area contributed by atoms with Gasteiger partial charge in [-0.2, -0.15) is 0 Å². The Balaban J connectivity index is 2.23. The number of hydrogen-bond donors (Lipinski definition) is 1. The van der Waals surface area contributed by atoms with Crippen molar-refractivity contribution in [3.63, 3.8) is 0 Å². The molecule has 1 N–H and O–H groups in total. The first-order valence-corrected chi connectivity index (χ1v) is 7.44. The lowest BCUT2D eigenvalue weighted by Crippen LogP contribution is -2.25. The van der Waals surface area contributed by atoms with E-state index >= 15 is 0 Å². The predicted octanol–water partition coefficient (Wildman–Crippen LogP) is 3.86. The normalized spacial score (nSPS) is 12.4. The van der Waals surface area contributed by atoms with Crippen molar-refractivity contribution in [2.45, 2.75) is 32.7 Å². The Morgan fingerprint density at radius 1 is 1.33 bits per heavy atom. The Labute approximate surface area is 129 Å². The molecule has 1 atom stereocenters. The number of aryl methyl sites for hydroxylation is 1. The molecule has 112 valence electrons. The zero-order chi connectivity index (χ0) is 15.2. The van der Waals surface area contributed by atoms with Gasteiger partial charge < -0.3 is 5.32 Å². The van der Waals surface area contributed by atoms with Crippen LogP contribution in [-0.4, -0.2) is 16.5 Å². The molecular weight excluding hydrogens is 289 g/mol. The van der Waals surface area contributed by atoms with E-state index in [2.05, 4.69) is 22.2 Å². The van der Waals surface area contributed by atoms with Crippen LogP contribution in [0.3, 0.4) is 0 Å². The first-order valence-electron chi connectivity index (χ1n) is 7.07. The van der Waals surface area contributed by atoms with Gasteiger partial charge in [0, 0.05) is 11.2 Å². The van der Waals surface area contributed by atoms with E-state index < -0.39 is 0 Å². The molecule has 1 aromatic heterocycles. The third-order valence-corrected chi connectivity index (χ3v) is 3.47. The molecule has 0 fully saturated rings. The highest BCUT2D eigenvalue weighted by atomic mass is 35.5. The van der Waals surface area contributed by atoms with E-state index in [4.69, 9.17) is 11.6 Å². The van der Waals surface area contributed by atoms with Gasteiger partial charge in [-0.15, -0.1) is 0 Å². The lowest BCUT2D eigenvalue weighted by Gasteiger charge is -2.19. The van der Waals surface area contributed by atoms with Crippen molar-refractivity contribution in [1.82, 2.24) is 15.3 Å². The van der Waals surface area contributed by atoms with Crippen LogP contribution in [0.2, 0.25) is 5.02 Å². The second kappa shape index (κ2) is 7.48. The molecule has 0 aliphatic carbocycles. The minimum atomic E-state index is -0.281. The molecule has 0 bridgehead atoms. The molecule has 0 spiro atoms. The van der Waals surface area contributed by atoms with E-state index in [1.54, 1.807) is 18.3 Å². The van der Waals surface area contributed by atoms with Crippen molar-refractivity contribution in [1.29, 1.82) is 0 Å². The van der Waals surface area contributed by atoms with Crippen LogP contribution in [0.25, 0.3) is 0 Å². The first kappa shape index (κ1) is 15.9. The average Bonchev–Trinajstić information content (AvgIpc) is 2.45. The van der Waals surface area contributed by atoms with Gasteiger partial charge in [0.15, 0.2) is 0 Å². The highest BCUT2D eigenvalue weighted by Crippen LogP contribution is 2.21. The van der Waals surface area contributed by atoms with E-state index in [0.29, 0.717) is 22.8 Å². The molecule has 5 heteroatoms. The molecule has 1 heterocycles. The molecule has 0 radical (unpaired) electrons. The van der Waals surface area contributed by atoms with Crippen molar-refractivity contribution < 1.29 is 4.39 Å². The maximum absolute atomic E-state index is 14.0. The lowest BCUT2D eigenvalue weighted by atomic mass is 10.0. The second-order valence-electron chi connectivity index (χ2n) is 4.98. The molecule has 1 aromatic carbocycles. The maximum Gasteiger partial charge on any atom is 0.127 e. The minimum absolute atomic E-state index is 0.0395. The molecule has 0 saturated heterocycles. The van der Waals surface area contributed by atoms with E-state index in [9.17, 15) is 4.39 Å². The number of aromatic nitrogens is 2. The van der Waals surface area contributed by atoms with E-state index in [-0.39, 0.29) is 11.9 Å². The Bertz CT molecular complexity index is 604. The van der Waals surface area contributed by atoms with Gasteiger partial charge in [-0.05, 0) is 50.1 Å². The fourth-order valence-electron chi connectivity index (χ4n) is 2.18. The van der Waals surface area contributed by atoms with Crippen molar-refractivity contribution in [2.75, 3.05) is 6.54 Å². The first-order chi connectivity index (χ1) is 10.1. The van der Waals surface area contributed by atoms with Crippen LogP contribution in [-0.2, 0) is 6.42 Å². The summed E-state index contributed by atoms with van der Waals surface area (Å²) < 4.78 is 14.0.